The lowest BCUT2D eigenvalue weighted by molar-refractivity contribution is 0.0118. The van der Waals surface area contributed by atoms with Crippen LogP contribution in [0.3, 0.4) is 0 Å². The van der Waals surface area contributed by atoms with Crippen LogP contribution in [0.1, 0.15) is 6.42 Å². The van der Waals surface area contributed by atoms with E-state index in [1.165, 1.54) is 0 Å². The van der Waals surface area contributed by atoms with Crippen molar-refractivity contribution in [2.45, 2.75) is 18.4 Å². The zero-order chi connectivity index (χ0) is 10.1. The monoisotopic (exact) mass is 196 g/mol. The maximum atomic E-state index is 12.7. The molecule has 1 amide bonds. The molecule has 0 spiro atoms. The highest BCUT2D eigenvalue weighted by Crippen LogP contribution is 2.31. The van der Waals surface area contributed by atoms with Gasteiger partial charge in [0.25, 0.3) is 5.92 Å². The van der Waals surface area contributed by atoms with Crippen LogP contribution >= 0.6 is 0 Å². The number of carbonyl (C=O) groups is 1. The molecule has 0 aliphatic carbocycles. The van der Waals surface area contributed by atoms with Crippen molar-refractivity contribution in [3.63, 3.8) is 0 Å². The third-order valence-electron chi connectivity index (χ3n) is 1.91. The van der Waals surface area contributed by atoms with Crippen molar-refractivity contribution in [2.24, 2.45) is 5.90 Å². The Bertz CT molecular complexity index is 212. The molecule has 1 aliphatic heterocycles. The predicted molar refractivity (Wildman–Crippen MR) is 38.2 cm³/mol. The van der Waals surface area contributed by atoms with Gasteiger partial charge in [-0.15, -0.1) is 0 Å². The Morgan fingerprint density at radius 3 is 2.85 bits per heavy atom. The Labute approximate surface area is 73.0 Å². The summed E-state index contributed by atoms with van der Waals surface area (Å²) in [6, 6.07) is -0.850. The average Bonchev–Trinajstić information content (AvgIpc) is 2.26. The molecule has 5 nitrogen and oxygen atoms in total. The molecule has 0 bridgehead atoms. The fourth-order valence-electron chi connectivity index (χ4n) is 1.38. The molecule has 1 rings (SSSR count). The summed E-state index contributed by atoms with van der Waals surface area (Å²) in [5.41, 5.74) is 0. The van der Waals surface area contributed by atoms with Gasteiger partial charge in [0.2, 0.25) is 0 Å². The lowest BCUT2D eigenvalue weighted by atomic mass is 10.2. The molecule has 1 heterocycles. The van der Waals surface area contributed by atoms with Gasteiger partial charge in [-0.05, 0) is 0 Å². The number of alkyl halides is 2. The van der Waals surface area contributed by atoms with Gasteiger partial charge in [0.1, 0.15) is 0 Å². The fourth-order valence-corrected chi connectivity index (χ4v) is 1.38. The second kappa shape index (κ2) is 3.43. The number of hydrogen-bond acceptors (Lipinski definition) is 3. The summed E-state index contributed by atoms with van der Waals surface area (Å²) in [7, 11) is 0. The summed E-state index contributed by atoms with van der Waals surface area (Å²) in [6.45, 7) is -0.988. The molecule has 1 saturated heterocycles. The maximum Gasteiger partial charge on any atom is 0.407 e. The quantitative estimate of drug-likeness (QED) is 0.621. The van der Waals surface area contributed by atoms with Crippen molar-refractivity contribution in [3.8, 4) is 0 Å². The SMILES string of the molecule is NOCC1CC(F)(F)CN1C(=O)O. The molecule has 1 atom stereocenters. The van der Waals surface area contributed by atoms with Gasteiger partial charge >= 0.3 is 6.09 Å². The molecule has 1 fully saturated rings. The molecule has 76 valence electrons. The van der Waals surface area contributed by atoms with E-state index in [-0.39, 0.29) is 6.61 Å². The van der Waals surface area contributed by atoms with Crippen molar-refractivity contribution in [1.82, 2.24) is 4.90 Å². The first-order chi connectivity index (χ1) is 5.96. The Morgan fingerprint density at radius 2 is 2.38 bits per heavy atom. The zero-order valence-electron chi connectivity index (χ0n) is 6.74. The van der Waals surface area contributed by atoms with Crippen LogP contribution in [-0.4, -0.2) is 41.2 Å². The molecule has 3 N–H and O–H groups in total. The first-order valence-corrected chi connectivity index (χ1v) is 3.65. The molecular weight excluding hydrogens is 186 g/mol. The maximum absolute atomic E-state index is 12.7. The summed E-state index contributed by atoms with van der Waals surface area (Å²) in [5, 5.41) is 8.54. The van der Waals surface area contributed by atoms with E-state index in [1.54, 1.807) is 0 Å². The summed E-state index contributed by atoms with van der Waals surface area (Å²) in [5.74, 6) is 1.72. The van der Waals surface area contributed by atoms with Gasteiger partial charge in [-0.2, -0.15) is 0 Å². The van der Waals surface area contributed by atoms with Crippen molar-refractivity contribution in [2.75, 3.05) is 13.2 Å². The minimum Gasteiger partial charge on any atom is -0.465 e. The largest absolute Gasteiger partial charge is 0.465 e. The van der Waals surface area contributed by atoms with E-state index in [4.69, 9.17) is 11.0 Å². The van der Waals surface area contributed by atoms with E-state index in [0.717, 1.165) is 0 Å². The van der Waals surface area contributed by atoms with E-state index in [0.29, 0.717) is 4.90 Å². The van der Waals surface area contributed by atoms with E-state index in [2.05, 4.69) is 4.84 Å². The number of carboxylic acid groups (broad SMARTS) is 1. The van der Waals surface area contributed by atoms with Crippen LogP contribution in [0.2, 0.25) is 0 Å². The molecule has 0 aromatic rings. The number of rotatable bonds is 2. The van der Waals surface area contributed by atoms with Gasteiger partial charge in [0.15, 0.2) is 0 Å². The van der Waals surface area contributed by atoms with E-state index < -0.39 is 31.0 Å². The van der Waals surface area contributed by atoms with Crippen LogP contribution in [-0.2, 0) is 4.84 Å². The third-order valence-corrected chi connectivity index (χ3v) is 1.91. The molecule has 0 saturated carbocycles. The average molecular weight is 196 g/mol. The van der Waals surface area contributed by atoms with Gasteiger partial charge in [0, 0.05) is 6.42 Å². The molecule has 1 aliphatic rings. The first-order valence-electron chi connectivity index (χ1n) is 3.65. The van der Waals surface area contributed by atoms with Gasteiger partial charge in [-0.1, -0.05) is 0 Å². The van der Waals surface area contributed by atoms with Gasteiger partial charge in [-0.25, -0.2) is 19.5 Å². The van der Waals surface area contributed by atoms with Gasteiger partial charge in [-0.3, -0.25) is 4.90 Å². The van der Waals surface area contributed by atoms with Crippen LogP contribution in [0.25, 0.3) is 0 Å². The van der Waals surface area contributed by atoms with Crippen molar-refractivity contribution in [1.29, 1.82) is 0 Å². The molecule has 1 unspecified atom stereocenters. The van der Waals surface area contributed by atoms with Crippen molar-refractivity contribution >= 4 is 6.09 Å². The first kappa shape index (κ1) is 10.1. The van der Waals surface area contributed by atoms with Crippen molar-refractivity contribution in [3.05, 3.63) is 0 Å². The zero-order valence-corrected chi connectivity index (χ0v) is 6.74. The fraction of sp³-hybridized carbons (Fsp3) is 0.833. The molecular formula is C6H10F2N2O3. The van der Waals surface area contributed by atoms with E-state index >= 15 is 0 Å². The molecule has 0 aromatic carbocycles. The topological polar surface area (TPSA) is 75.8 Å². The van der Waals surface area contributed by atoms with E-state index in [1.807, 2.05) is 0 Å². The van der Waals surface area contributed by atoms with Gasteiger partial charge in [0.05, 0.1) is 19.2 Å². The minimum absolute atomic E-state index is 0.206. The highest BCUT2D eigenvalue weighted by molar-refractivity contribution is 5.66. The number of likely N-dealkylation sites (tertiary alicyclic amines) is 1. The lowest BCUT2D eigenvalue weighted by Gasteiger charge is -2.18. The molecule has 0 aromatic heterocycles. The standard InChI is InChI=1S/C6H10F2N2O3/c7-6(8)1-4(2-13-9)10(3-6)5(11)12/h4H,1-3,9H2,(H,11,12). The van der Waals surface area contributed by atoms with Crippen LogP contribution in [0.4, 0.5) is 13.6 Å². The Morgan fingerprint density at radius 1 is 1.77 bits per heavy atom. The highest BCUT2D eigenvalue weighted by Gasteiger charge is 2.47. The Balaban J connectivity index is 2.65. The number of halogens is 2. The van der Waals surface area contributed by atoms with Crippen LogP contribution in [0, 0.1) is 0 Å². The van der Waals surface area contributed by atoms with Crippen molar-refractivity contribution < 1.29 is 23.5 Å². The Kier molecular flexibility index (Phi) is 2.67. The molecule has 0 radical (unpaired) electrons. The minimum atomic E-state index is -2.97. The number of nitrogens with zero attached hydrogens (tertiary/aromatic N) is 1. The van der Waals surface area contributed by atoms with Gasteiger partial charge < -0.3 is 9.94 Å². The summed E-state index contributed by atoms with van der Waals surface area (Å²) in [4.78, 5) is 15.3. The number of nitrogens with two attached hydrogens (primary N) is 1. The van der Waals surface area contributed by atoms with Crippen LogP contribution in [0.5, 0.6) is 0 Å². The predicted octanol–water partition coefficient (Wildman–Crippen LogP) is 0.264. The molecule has 13 heavy (non-hydrogen) atoms. The van der Waals surface area contributed by atoms with Crippen LogP contribution < -0.4 is 5.90 Å². The highest BCUT2D eigenvalue weighted by atomic mass is 19.3. The number of hydrogen-bond donors (Lipinski definition) is 2. The number of amides is 1. The summed E-state index contributed by atoms with van der Waals surface area (Å²) < 4.78 is 25.5. The van der Waals surface area contributed by atoms with Crippen LogP contribution in [0.15, 0.2) is 0 Å². The summed E-state index contributed by atoms with van der Waals surface area (Å²) in [6.07, 6.45) is -1.91. The second-order valence-electron chi connectivity index (χ2n) is 2.96. The Hall–Kier alpha value is -0.950. The third kappa shape index (κ3) is 2.25. The normalized spacial score (nSPS) is 26.4. The molecule has 7 heteroatoms. The smallest absolute Gasteiger partial charge is 0.407 e. The summed E-state index contributed by atoms with van der Waals surface area (Å²) >= 11 is 0. The second-order valence-corrected chi connectivity index (χ2v) is 2.96. The van der Waals surface area contributed by atoms with E-state index in [9.17, 15) is 13.6 Å². The lowest BCUT2D eigenvalue weighted by Crippen LogP contribution is -2.38.